The van der Waals surface area contributed by atoms with Crippen molar-refractivity contribution in [3.63, 3.8) is 0 Å². The third-order valence-corrected chi connectivity index (χ3v) is 3.33. The molecule has 1 aromatic rings. The van der Waals surface area contributed by atoms with Gasteiger partial charge in [0, 0.05) is 25.7 Å². The molecule has 100 valence electrons. The second-order valence-electron chi connectivity index (χ2n) is 4.11. The van der Waals surface area contributed by atoms with Crippen molar-refractivity contribution in [1.82, 2.24) is 15.3 Å². The van der Waals surface area contributed by atoms with Crippen LogP contribution in [0.25, 0.3) is 0 Å². The number of anilines is 1. The molecule has 1 fully saturated rings. The molecule has 2 rings (SSSR count). The number of nitrogens with zero attached hydrogens (tertiary/aromatic N) is 3. The maximum atomic E-state index is 6.08. The van der Waals surface area contributed by atoms with Crippen molar-refractivity contribution >= 4 is 29.2 Å². The summed E-state index contributed by atoms with van der Waals surface area (Å²) in [5, 5.41) is 3.83. The lowest BCUT2D eigenvalue weighted by Gasteiger charge is -2.34. The van der Waals surface area contributed by atoms with Gasteiger partial charge >= 0.3 is 0 Å². The van der Waals surface area contributed by atoms with E-state index in [-0.39, 0.29) is 10.3 Å². The predicted octanol–water partition coefficient (Wildman–Crippen LogP) is 1.98. The number of halogens is 2. The van der Waals surface area contributed by atoms with Crippen LogP contribution < -0.4 is 15.0 Å². The minimum absolute atomic E-state index is 0.262. The van der Waals surface area contributed by atoms with Crippen LogP contribution in [0.5, 0.6) is 5.75 Å². The summed E-state index contributed by atoms with van der Waals surface area (Å²) in [6.07, 6.45) is 0. The van der Waals surface area contributed by atoms with Crippen molar-refractivity contribution in [3.05, 3.63) is 10.3 Å². The first-order valence-corrected chi connectivity index (χ1v) is 6.72. The van der Waals surface area contributed by atoms with Gasteiger partial charge in [0.2, 0.25) is 5.95 Å². The van der Waals surface area contributed by atoms with Gasteiger partial charge in [-0.05, 0) is 13.8 Å². The monoisotopic (exact) mass is 290 g/mol. The highest BCUT2D eigenvalue weighted by atomic mass is 35.5. The van der Waals surface area contributed by atoms with Crippen molar-refractivity contribution in [2.24, 2.45) is 0 Å². The van der Waals surface area contributed by atoms with E-state index in [4.69, 9.17) is 27.9 Å². The Bertz CT molecular complexity index is 406. The number of ether oxygens (including phenoxy) is 1. The molecule has 0 bridgehead atoms. The Kier molecular flexibility index (Phi) is 4.48. The van der Waals surface area contributed by atoms with E-state index in [1.807, 2.05) is 6.92 Å². The van der Waals surface area contributed by atoms with E-state index in [2.05, 4.69) is 27.1 Å². The number of piperazine rings is 1. The van der Waals surface area contributed by atoms with E-state index in [9.17, 15) is 0 Å². The van der Waals surface area contributed by atoms with Gasteiger partial charge in [0.25, 0.3) is 0 Å². The average molecular weight is 291 g/mol. The molecule has 0 amide bonds. The zero-order valence-corrected chi connectivity index (χ0v) is 11.9. The van der Waals surface area contributed by atoms with Crippen LogP contribution >= 0.6 is 23.2 Å². The van der Waals surface area contributed by atoms with Gasteiger partial charge in [-0.15, -0.1) is 0 Å². The third kappa shape index (κ3) is 2.79. The van der Waals surface area contributed by atoms with Gasteiger partial charge in [0.05, 0.1) is 6.61 Å². The van der Waals surface area contributed by atoms with Crippen LogP contribution in [0.4, 0.5) is 5.95 Å². The van der Waals surface area contributed by atoms with Gasteiger partial charge < -0.3 is 15.0 Å². The lowest BCUT2D eigenvalue weighted by Crippen LogP contribution is -2.50. The van der Waals surface area contributed by atoms with E-state index >= 15 is 0 Å². The van der Waals surface area contributed by atoms with Crippen LogP contribution in [0.3, 0.4) is 0 Å². The number of nitrogens with one attached hydrogen (secondary N) is 1. The highest BCUT2D eigenvalue weighted by Crippen LogP contribution is 2.32. The van der Waals surface area contributed by atoms with E-state index < -0.39 is 0 Å². The van der Waals surface area contributed by atoms with Crippen LogP contribution in [0, 0.1) is 0 Å². The van der Waals surface area contributed by atoms with Crippen LogP contribution in [0.15, 0.2) is 0 Å². The molecule has 0 aromatic carbocycles. The van der Waals surface area contributed by atoms with E-state index in [1.165, 1.54) is 0 Å². The summed E-state index contributed by atoms with van der Waals surface area (Å²) >= 11 is 12.2. The largest absolute Gasteiger partial charge is 0.488 e. The predicted molar refractivity (Wildman–Crippen MR) is 72.9 cm³/mol. The fourth-order valence-corrected chi connectivity index (χ4v) is 2.40. The first kappa shape index (κ1) is 13.6. The van der Waals surface area contributed by atoms with Gasteiger partial charge in [0.1, 0.15) is 0 Å². The summed E-state index contributed by atoms with van der Waals surface area (Å²) in [5.74, 6) is 0.912. The zero-order valence-electron chi connectivity index (χ0n) is 10.4. The number of rotatable bonds is 3. The second kappa shape index (κ2) is 5.91. The molecule has 0 spiro atoms. The summed E-state index contributed by atoms with van der Waals surface area (Å²) in [6.45, 7) is 7.07. The average Bonchev–Trinajstić information content (AvgIpc) is 2.34. The Labute approximate surface area is 116 Å². The minimum Gasteiger partial charge on any atom is -0.488 e. The summed E-state index contributed by atoms with van der Waals surface area (Å²) in [7, 11) is 0. The lowest BCUT2D eigenvalue weighted by molar-refractivity contribution is 0.337. The Balaban J connectivity index is 2.29. The van der Waals surface area contributed by atoms with E-state index in [1.54, 1.807) is 0 Å². The maximum Gasteiger partial charge on any atom is 0.228 e. The maximum absolute atomic E-state index is 6.08. The molecule has 2 heterocycles. The molecule has 1 N–H and O–H groups in total. The van der Waals surface area contributed by atoms with Crippen molar-refractivity contribution in [3.8, 4) is 5.75 Å². The number of aromatic nitrogens is 2. The fourth-order valence-electron chi connectivity index (χ4n) is 1.92. The topological polar surface area (TPSA) is 50.3 Å². The normalized spacial score (nSPS) is 20.0. The molecule has 1 unspecified atom stereocenters. The highest BCUT2D eigenvalue weighted by molar-refractivity contribution is 6.35. The summed E-state index contributed by atoms with van der Waals surface area (Å²) in [5.41, 5.74) is 0. The summed E-state index contributed by atoms with van der Waals surface area (Å²) in [6, 6.07) is 0.309. The minimum atomic E-state index is 0.262. The highest BCUT2D eigenvalue weighted by Gasteiger charge is 2.23. The van der Waals surface area contributed by atoms with E-state index in [0.29, 0.717) is 24.3 Å². The quantitative estimate of drug-likeness (QED) is 0.863. The van der Waals surface area contributed by atoms with Gasteiger partial charge in [-0.3, -0.25) is 0 Å². The molecular formula is C11H16Cl2N4O. The molecule has 5 nitrogen and oxygen atoms in total. The molecule has 18 heavy (non-hydrogen) atoms. The number of hydrogen-bond donors (Lipinski definition) is 1. The molecule has 1 aliphatic heterocycles. The molecule has 1 aliphatic rings. The Hall–Kier alpha value is -0.780. The summed E-state index contributed by atoms with van der Waals surface area (Å²) < 4.78 is 5.32. The van der Waals surface area contributed by atoms with Crippen LogP contribution in [-0.2, 0) is 0 Å². The van der Waals surface area contributed by atoms with Crippen molar-refractivity contribution in [1.29, 1.82) is 0 Å². The van der Waals surface area contributed by atoms with E-state index in [0.717, 1.165) is 19.6 Å². The lowest BCUT2D eigenvalue weighted by atomic mass is 10.2. The van der Waals surface area contributed by atoms with Crippen LogP contribution in [0.1, 0.15) is 13.8 Å². The molecule has 7 heteroatoms. The third-order valence-electron chi connectivity index (χ3n) is 2.82. The van der Waals surface area contributed by atoms with Gasteiger partial charge in [0.15, 0.2) is 16.1 Å². The summed E-state index contributed by atoms with van der Waals surface area (Å²) in [4.78, 5) is 10.6. The first-order chi connectivity index (χ1) is 8.63. The van der Waals surface area contributed by atoms with Gasteiger partial charge in [-0.25, -0.2) is 0 Å². The van der Waals surface area contributed by atoms with Gasteiger partial charge in [-0.1, -0.05) is 23.2 Å². The van der Waals surface area contributed by atoms with Crippen molar-refractivity contribution in [2.45, 2.75) is 19.9 Å². The molecule has 1 atom stereocenters. The molecular weight excluding hydrogens is 275 g/mol. The Morgan fingerprint density at radius 2 is 2.06 bits per heavy atom. The molecule has 1 aromatic heterocycles. The Morgan fingerprint density at radius 3 is 2.61 bits per heavy atom. The zero-order chi connectivity index (χ0) is 13.1. The molecule has 0 aliphatic carbocycles. The standard InChI is InChI=1S/C11H16Cl2N4O/c1-3-18-8-9(12)15-11(16-10(8)13)17-5-4-14-6-7(17)2/h7,14H,3-6H2,1-2H3. The van der Waals surface area contributed by atoms with Crippen LogP contribution in [0.2, 0.25) is 10.3 Å². The smallest absolute Gasteiger partial charge is 0.228 e. The fraction of sp³-hybridized carbons (Fsp3) is 0.636. The molecule has 1 saturated heterocycles. The Morgan fingerprint density at radius 1 is 1.39 bits per heavy atom. The molecule has 0 saturated carbocycles. The SMILES string of the molecule is CCOc1c(Cl)nc(N2CCNCC2C)nc1Cl. The van der Waals surface area contributed by atoms with Crippen molar-refractivity contribution < 1.29 is 4.74 Å². The first-order valence-electron chi connectivity index (χ1n) is 5.96. The van der Waals surface area contributed by atoms with Gasteiger partial charge in [-0.2, -0.15) is 9.97 Å². The number of hydrogen-bond acceptors (Lipinski definition) is 5. The van der Waals surface area contributed by atoms with Crippen molar-refractivity contribution in [2.75, 3.05) is 31.1 Å². The molecule has 0 radical (unpaired) electrons. The second-order valence-corrected chi connectivity index (χ2v) is 4.83. The van der Waals surface area contributed by atoms with Crippen LogP contribution in [-0.4, -0.2) is 42.3 Å².